The van der Waals surface area contributed by atoms with Crippen LogP contribution in [0.1, 0.15) is 0 Å². The van der Waals surface area contributed by atoms with E-state index in [1.54, 1.807) is 11.7 Å². The van der Waals surface area contributed by atoms with Crippen LogP contribution in [0.2, 0.25) is 0 Å². The largest absolute Gasteiger partial charge is 0.454 e. The highest BCUT2D eigenvalue weighted by atomic mass is 35.7. The fourth-order valence-corrected chi connectivity index (χ4v) is 1.78. The molecule has 0 aromatic heterocycles. The number of halogens is 1. The van der Waals surface area contributed by atoms with Crippen LogP contribution in [0.15, 0.2) is 0 Å². The first-order valence-electron chi connectivity index (χ1n) is 2.30. The van der Waals surface area contributed by atoms with E-state index in [2.05, 4.69) is 0 Å². The van der Waals surface area contributed by atoms with Crippen LogP contribution in [0, 0.1) is 0 Å². The highest BCUT2D eigenvalue weighted by molar-refractivity contribution is 7.89. The Labute approximate surface area is 53.5 Å². The molecule has 1 fully saturated rings. The average molecular weight is 157 g/mol. The lowest BCUT2D eigenvalue weighted by molar-refractivity contribution is 0.349. The van der Waals surface area contributed by atoms with Gasteiger partial charge in [-0.05, 0) is 0 Å². The molecule has 1 aliphatic heterocycles. The Balaban J connectivity index is 2.54. The highest BCUT2D eigenvalue weighted by Crippen LogP contribution is 2.65. The Morgan fingerprint density at radius 2 is 2.50 bits per heavy atom. The van der Waals surface area contributed by atoms with E-state index in [1.165, 1.54) is 0 Å². The van der Waals surface area contributed by atoms with Gasteiger partial charge in [0.05, 0.1) is 6.54 Å². The molecular weight excluding hydrogens is 148 g/mol. The molecule has 1 saturated heterocycles. The van der Waals surface area contributed by atoms with Crippen molar-refractivity contribution >= 4 is 18.5 Å². The molecule has 48 valence electrons. The maximum Gasteiger partial charge on any atom is 0.454 e. The number of nitrogens with zero attached hydrogens (tertiary/aromatic N) is 1. The molecule has 0 saturated carbocycles. The van der Waals surface area contributed by atoms with Gasteiger partial charge in [0, 0.05) is 7.05 Å². The van der Waals surface area contributed by atoms with Crippen LogP contribution in [0.5, 0.6) is 0 Å². The van der Waals surface area contributed by atoms with Crippen LogP contribution in [0.3, 0.4) is 0 Å². The average Bonchev–Trinajstić information content (AvgIpc) is 1.86. The molecule has 0 bridgehead atoms. The second kappa shape index (κ2) is 2.09. The van der Waals surface area contributed by atoms with E-state index >= 15 is 0 Å². The smallest absolute Gasteiger partial charge is 0.188 e. The first kappa shape index (κ1) is 6.72. The third kappa shape index (κ3) is 1.12. The summed E-state index contributed by atoms with van der Waals surface area (Å²) in [6.45, 7) is 1.28. The van der Waals surface area contributed by atoms with Crippen molar-refractivity contribution in [2.75, 3.05) is 20.2 Å². The van der Waals surface area contributed by atoms with Gasteiger partial charge in [-0.1, -0.05) is 0 Å². The lowest BCUT2D eigenvalue weighted by Crippen LogP contribution is -2.09. The number of hydrogen-bond donors (Lipinski definition) is 1. The van der Waals surface area contributed by atoms with Crippen molar-refractivity contribution in [1.29, 1.82) is 0 Å². The van der Waals surface area contributed by atoms with E-state index < -0.39 is 7.22 Å². The molecular formula is C3H8ClNO2P+. The van der Waals surface area contributed by atoms with Gasteiger partial charge < -0.3 is 0 Å². The molecule has 5 heteroatoms. The van der Waals surface area contributed by atoms with Gasteiger partial charge in [0.1, 0.15) is 6.61 Å². The van der Waals surface area contributed by atoms with Gasteiger partial charge in [0.2, 0.25) is 0 Å². The fourth-order valence-electron chi connectivity index (χ4n) is 0.511. The van der Waals surface area contributed by atoms with Crippen LogP contribution in [-0.2, 0) is 4.52 Å². The number of hydrogen-bond acceptors (Lipinski definition) is 3. The molecule has 1 aliphatic rings. The molecule has 0 spiro atoms. The van der Waals surface area contributed by atoms with Crippen LogP contribution >= 0.6 is 18.5 Å². The van der Waals surface area contributed by atoms with E-state index in [1.807, 2.05) is 0 Å². The molecule has 0 aromatic carbocycles. The topological polar surface area (TPSA) is 32.7 Å². The monoisotopic (exact) mass is 156 g/mol. The second-order valence-electron chi connectivity index (χ2n) is 1.69. The fraction of sp³-hybridized carbons (Fsp3) is 1.00. The quantitative estimate of drug-likeness (QED) is 0.528. The Kier molecular flexibility index (Phi) is 1.75. The molecule has 3 nitrogen and oxygen atoms in total. The van der Waals surface area contributed by atoms with Crippen molar-refractivity contribution in [3.05, 3.63) is 0 Å². The molecule has 1 unspecified atom stereocenters. The SMILES string of the molecule is CN1CCO[P+]1(O)Cl. The van der Waals surface area contributed by atoms with E-state index in [9.17, 15) is 0 Å². The molecule has 1 atom stereocenters. The Bertz CT molecular complexity index is 99.3. The summed E-state index contributed by atoms with van der Waals surface area (Å²) < 4.78 is 6.44. The molecule has 0 amide bonds. The van der Waals surface area contributed by atoms with Gasteiger partial charge in [0.15, 0.2) is 11.2 Å². The summed E-state index contributed by atoms with van der Waals surface area (Å²) in [4.78, 5) is 9.04. The minimum absolute atomic E-state index is 0.546. The summed E-state index contributed by atoms with van der Waals surface area (Å²) in [5.41, 5.74) is 0. The van der Waals surface area contributed by atoms with E-state index in [-0.39, 0.29) is 0 Å². The van der Waals surface area contributed by atoms with Crippen LogP contribution < -0.4 is 0 Å². The Hall–Kier alpha value is 0.600. The van der Waals surface area contributed by atoms with E-state index in [0.29, 0.717) is 6.61 Å². The van der Waals surface area contributed by atoms with Crippen LogP contribution in [-0.4, -0.2) is 29.8 Å². The molecule has 1 heterocycles. The summed E-state index contributed by atoms with van der Waals surface area (Å²) in [5.74, 6) is 0. The minimum atomic E-state index is -2.58. The molecule has 1 N–H and O–H groups in total. The molecule has 0 aliphatic carbocycles. The lowest BCUT2D eigenvalue weighted by Gasteiger charge is -2.06. The normalized spacial score (nSPS) is 40.9. The van der Waals surface area contributed by atoms with Gasteiger partial charge in [-0.25, -0.2) is 0 Å². The maximum absolute atomic E-state index is 9.04. The summed E-state index contributed by atoms with van der Waals surface area (Å²) >= 11 is 5.49. The number of rotatable bonds is 0. The molecule has 0 radical (unpaired) electrons. The zero-order chi connectivity index (χ0) is 6.20. The standard InChI is InChI=1S/C3H8ClNO2P/c1-5-2-3-7-8(5,4)6/h6H,2-3H2,1H3/q+1. The zero-order valence-electron chi connectivity index (χ0n) is 4.54. The zero-order valence-corrected chi connectivity index (χ0v) is 6.19. The third-order valence-corrected chi connectivity index (χ3v) is 3.71. The van der Waals surface area contributed by atoms with Gasteiger partial charge in [-0.2, -0.15) is 9.42 Å². The molecule has 0 aromatic rings. The molecule has 8 heavy (non-hydrogen) atoms. The van der Waals surface area contributed by atoms with Crippen LogP contribution in [0.4, 0.5) is 0 Å². The third-order valence-electron chi connectivity index (χ3n) is 1.09. The van der Waals surface area contributed by atoms with Gasteiger partial charge >= 0.3 is 7.22 Å². The predicted molar refractivity (Wildman–Crippen MR) is 33.6 cm³/mol. The second-order valence-corrected chi connectivity index (χ2v) is 4.90. The van der Waals surface area contributed by atoms with E-state index in [4.69, 9.17) is 20.7 Å². The highest BCUT2D eigenvalue weighted by Gasteiger charge is 2.47. The van der Waals surface area contributed by atoms with Crippen molar-refractivity contribution in [3.63, 3.8) is 0 Å². The van der Waals surface area contributed by atoms with Crippen molar-refractivity contribution in [2.24, 2.45) is 0 Å². The first-order valence-corrected chi connectivity index (χ1v) is 4.82. The summed E-state index contributed by atoms with van der Waals surface area (Å²) in [7, 11) is -0.835. The first-order chi connectivity index (χ1) is 3.63. The predicted octanol–water partition coefficient (Wildman–Crippen LogP) is 0.857. The maximum atomic E-state index is 9.04. The summed E-state index contributed by atoms with van der Waals surface area (Å²) in [5, 5.41) is 0. The minimum Gasteiger partial charge on any atom is -0.188 e. The van der Waals surface area contributed by atoms with Crippen LogP contribution in [0.25, 0.3) is 0 Å². The Morgan fingerprint density at radius 3 is 2.62 bits per heavy atom. The molecule has 1 rings (SSSR count). The summed E-state index contributed by atoms with van der Waals surface area (Å²) in [6.07, 6.45) is 0. The van der Waals surface area contributed by atoms with Gasteiger partial charge in [-0.15, -0.1) is 4.67 Å². The van der Waals surface area contributed by atoms with Gasteiger partial charge in [0.25, 0.3) is 0 Å². The lowest BCUT2D eigenvalue weighted by atomic mass is 10.7. The van der Waals surface area contributed by atoms with E-state index in [0.717, 1.165) is 6.54 Å². The van der Waals surface area contributed by atoms with Gasteiger partial charge in [-0.3, -0.25) is 0 Å². The summed E-state index contributed by atoms with van der Waals surface area (Å²) in [6, 6.07) is 0. The Morgan fingerprint density at radius 1 is 1.88 bits per heavy atom. The van der Waals surface area contributed by atoms with Crippen molar-refractivity contribution in [1.82, 2.24) is 4.67 Å². The number of likely N-dealkylation sites (N-methyl/N-ethyl adjacent to an activating group) is 1. The van der Waals surface area contributed by atoms with Crippen molar-refractivity contribution in [3.8, 4) is 0 Å². The van der Waals surface area contributed by atoms with Crippen molar-refractivity contribution < 1.29 is 9.42 Å². The van der Waals surface area contributed by atoms with Crippen molar-refractivity contribution in [2.45, 2.75) is 0 Å².